The monoisotopic (exact) mass is 197 g/mol. The molecule has 4 nitrogen and oxygen atoms in total. The fourth-order valence-electron chi connectivity index (χ4n) is 2.52. The van der Waals surface area contributed by atoms with Gasteiger partial charge >= 0.3 is 0 Å². The second kappa shape index (κ2) is 4.75. The number of nitrogens with zero attached hydrogens (tertiary/aromatic N) is 2. The van der Waals surface area contributed by atoms with Gasteiger partial charge in [-0.25, -0.2) is 5.01 Å². The molecule has 2 saturated heterocycles. The highest BCUT2D eigenvalue weighted by atomic mass is 16.1. The van der Waals surface area contributed by atoms with Crippen molar-refractivity contribution in [2.24, 2.45) is 0 Å². The number of amides is 1. The quantitative estimate of drug-likeness (QED) is 0.657. The van der Waals surface area contributed by atoms with Gasteiger partial charge in [-0.05, 0) is 32.4 Å². The molecule has 0 aromatic rings. The summed E-state index contributed by atoms with van der Waals surface area (Å²) in [6.45, 7) is 4.50. The highest BCUT2D eigenvalue weighted by molar-refractivity contribution is 5.45. The van der Waals surface area contributed by atoms with Gasteiger partial charge in [0.1, 0.15) is 0 Å². The van der Waals surface area contributed by atoms with E-state index in [-0.39, 0.29) is 0 Å². The topological polar surface area (TPSA) is 35.6 Å². The normalized spacial score (nSPS) is 30.4. The lowest BCUT2D eigenvalue weighted by Crippen LogP contribution is -2.43. The molecule has 0 aliphatic carbocycles. The van der Waals surface area contributed by atoms with Crippen molar-refractivity contribution in [2.75, 3.05) is 26.2 Å². The number of carbonyl (C=O) groups is 1. The summed E-state index contributed by atoms with van der Waals surface area (Å²) in [5.74, 6) is 0. The maximum absolute atomic E-state index is 10.3. The second-order valence-electron chi connectivity index (χ2n) is 4.23. The van der Waals surface area contributed by atoms with Crippen molar-refractivity contribution >= 4 is 6.41 Å². The van der Waals surface area contributed by atoms with E-state index in [1.807, 2.05) is 5.01 Å². The van der Waals surface area contributed by atoms with Crippen LogP contribution < -0.4 is 5.43 Å². The van der Waals surface area contributed by atoms with Crippen LogP contribution in [0.25, 0.3) is 0 Å². The number of rotatable bonds is 3. The molecule has 2 heterocycles. The molecule has 0 spiro atoms. The summed E-state index contributed by atoms with van der Waals surface area (Å²) in [5, 5.41) is 2.02. The summed E-state index contributed by atoms with van der Waals surface area (Å²) in [7, 11) is 0. The van der Waals surface area contributed by atoms with Crippen LogP contribution in [0.15, 0.2) is 0 Å². The predicted octanol–water partition coefficient (Wildman–Crippen LogP) is 0.208. The van der Waals surface area contributed by atoms with Gasteiger partial charge in [0.15, 0.2) is 0 Å². The zero-order chi connectivity index (χ0) is 9.80. The van der Waals surface area contributed by atoms with Crippen LogP contribution in [0.3, 0.4) is 0 Å². The molecule has 2 rings (SSSR count). The lowest BCUT2D eigenvalue weighted by Gasteiger charge is -2.32. The van der Waals surface area contributed by atoms with E-state index in [2.05, 4.69) is 10.3 Å². The molecule has 1 atom stereocenters. The highest BCUT2D eigenvalue weighted by Crippen LogP contribution is 2.18. The summed E-state index contributed by atoms with van der Waals surface area (Å²) in [6.07, 6.45) is 6.05. The van der Waals surface area contributed by atoms with Crippen molar-refractivity contribution in [1.82, 2.24) is 15.3 Å². The zero-order valence-corrected chi connectivity index (χ0v) is 8.61. The van der Waals surface area contributed by atoms with Crippen molar-refractivity contribution in [2.45, 2.75) is 31.7 Å². The van der Waals surface area contributed by atoms with E-state index in [9.17, 15) is 4.79 Å². The van der Waals surface area contributed by atoms with E-state index >= 15 is 0 Å². The number of nitrogens with one attached hydrogen (secondary N) is 1. The number of likely N-dealkylation sites (tertiary alicyclic amines) is 1. The molecular formula is C10H19N3O. The summed E-state index contributed by atoms with van der Waals surface area (Å²) in [4.78, 5) is 12.9. The Bertz CT molecular complexity index is 192. The summed E-state index contributed by atoms with van der Waals surface area (Å²) >= 11 is 0. The molecule has 80 valence electrons. The molecule has 2 aliphatic heterocycles. The van der Waals surface area contributed by atoms with Gasteiger partial charge in [0.25, 0.3) is 0 Å². The van der Waals surface area contributed by atoms with Crippen molar-refractivity contribution in [3.8, 4) is 0 Å². The first-order chi connectivity index (χ1) is 6.90. The van der Waals surface area contributed by atoms with E-state index in [0.717, 1.165) is 19.5 Å². The summed E-state index contributed by atoms with van der Waals surface area (Å²) in [5.41, 5.74) is 2.74. The largest absolute Gasteiger partial charge is 0.299 e. The second-order valence-corrected chi connectivity index (χ2v) is 4.23. The molecule has 1 amide bonds. The van der Waals surface area contributed by atoms with E-state index in [1.54, 1.807) is 0 Å². The molecule has 1 N–H and O–H groups in total. The van der Waals surface area contributed by atoms with Gasteiger partial charge in [-0.1, -0.05) is 6.42 Å². The minimum absolute atomic E-state index is 0.669. The Labute approximate surface area is 85.2 Å². The predicted molar refractivity (Wildman–Crippen MR) is 54.6 cm³/mol. The highest BCUT2D eigenvalue weighted by Gasteiger charge is 2.27. The van der Waals surface area contributed by atoms with Crippen LogP contribution in [-0.2, 0) is 4.79 Å². The van der Waals surface area contributed by atoms with Crippen LogP contribution in [0.1, 0.15) is 25.7 Å². The van der Waals surface area contributed by atoms with Crippen molar-refractivity contribution in [1.29, 1.82) is 0 Å². The lowest BCUT2D eigenvalue weighted by molar-refractivity contribution is -0.113. The minimum Gasteiger partial charge on any atom is -0.299 e. The third-order valence-electron chi connectivity index (χ3n) is 3.31. The number of hydrogen-bond donors (Lipinski definition) is 1. The van der Waals surface area contributed by atoms with Crippen LogP contribution in [0.5, 0.6) is 0 Å². The van der Waals surface area contributed by atoms with Gasteiger partial charge in [-0.2, -0.15) is 0 Å². The molecule has 0 bridgehead atoms. The first-order valence-corrected chi connectivity index (χ1v) is 5.59. The first kappa shape index (κ1) is 9.93. The third-order valence-corrected chi connectivity index (χ3v) is 3.31. The molecule has 2 fully saturated rings. The Morgan fingerprint density at radius 1 is 1.14 bits per heavy atom. The first-order valence-electron chi connectivity index (χ1n) is 5.59. The third kappa shape index (κ3) is 2.25. The van der Waals surface area contributed by atoms with Crippen LogP contribution in [0.4, 0.5) is 0 Å². The van der Waals surface area contributed by atoms with Gasteiger partial charge in [0.05, 0.1) is 0 Å². The number of carbonyl (C=O) groups excluding carboxylic acids is 1. The standard InChI is InChI=1S/C10H19N3O/c14-9-11-13-7-4-10(8-13)12-5-2-1-3-6-12/h9-10H,1-8H2,(H,11,14). The molecule has 0 saturated carbocycles. The molecule has 4 heteroatoms. The molecule has 2 aliphatic rings. The number of hydrazine groups is 1. The summed E-state index contributed by atoms with van der Waals surface area (Å²) < 4.78 is 0. The number of hydrogen-bond acceptors (Lipinski definition) is 3. The van der Waals surface area contributed by atoms with Crippen molar-refractivity contribution < 1.29 is 4.79 Å². The molecule has 0 radical (unpaired) electrons. The average molecular weight is 197 g/mol. The SMILES string of the molecule is O=CNN1CCC(N2CCCCC2)C1. The van der Waals surface area contributed by atoms with Gasteiger partial charge in [0.2, 0.25) is 6.41 Å². The Morgan fingerprint density at radius 3 is 2.64 bits per heavy atom. The van der Waals surface area contributed by atoms with Crippen molar-refractivity contribution in [3.05, 3.63) is 0 Å². The molecule has 0 aromatic heterocycles. The van der Waals surface area contributed by atoms with Crippen LogP contribution >= 0.6 is 0 Å². The van der Waals surface area contributed by atoms with Gasteiger partial charge in [0, 0.05) is 19.1 Å². The summed E-state index contributed by atoms with van der Waals surface area (Å²) in [6, 6.07) is 0.669. The Morgan fingerprint density at radius 2 is 1.93 bits per heavy atom. The molecule has 0 aromatic carbocycles. The molecule has 14 heavy (non-hydrogen) atoms. The Kier molecular flexibility index (Phi) is 3.37. The zero-order valence-electron chi connectivity index (χ0n) is 8.61. The fraction of sp³-hybridized carbons (Fsp3) is 0.900. The lowest BCUT2D eigenvalue weighted by atomic mass is 10.1. The smallest absolute Gasteiger partial charge is 0.221 e. The van der Waals surface area contributed by atoms with E-state index < -0.39 is 0 Å². The van der Waals surface area contributed by atoms with E-state index in [1.165, 1.54) is 38.8 Å². The minimum atomic E-state index is 0.669. The van der Waals surface area contributed by atoms with Crippen molar-refractivity contribution in [3.63, 3.8) is 0 Å². The Hall–Kier alpha value is -0.610. The van der Waals surface area contributed by atoms with E-state index in [4.69, 9.17) is 0 Å². The van der Waals surface area contributed by atoms with Crippen LogP contribution in [-0.4, -0.2) is 48.5 Å². The molecular weight excluding hydrogens is 178 g/mol. The van der Waals surface area contributed by atoms with Crippen LogP contribution in [0, 0.1) is 0 Å². The van der Waals surface area contributed by atoms with E-state index in [0.29, 0.717) is 6.04 Å². The molecule has 1 unspecified atom stereocenters. The average Bonchev–Trinajstić information content (AvgIpc) is 2.68. The maximum atomic E-state index is 10.3. The fourth-order valence-corrected chi connectivity index (χ4v) is 2.52. The maximum Gasteiger partial charge on any atom is 0.221 e. The number of piperidine rings is 1. The van der Waals surface area contributed by atoms with Gasteiger partial charge in [-0.15, -0.1) is 0 Å². The van der Waals surface area contributed by atoms with Gasteiger partial charge in [-0.3, -0.25) is 15.1 Å². The Balaban J connectivity index is 1.78. The van der Waals surface area contributed by atoms with Crippen LogP contribution in [0.2, 0.25) is 0 Å². The van der Waals surface area contributed by atoms with Gasteiger partial charge < -0.3 is 0 Å².